The Balaban J connectivity index is 2.05. The zero-order chi connectivity index (χ0) is 13.8. The summed E-state index contributed by atoms with van der Waals surface area (Å²) >= 11 is 11.2. The first kappa shape index (κ1) is 13.8. The van der Waals surface area contributed by atoms with Crippen LogP contribution in [0.4, 0.5) is 11.5 Å². The van der Waals surface area contributed by atoms with Crippen LogP contribution in [0.1, 0.15) is 11.3 Å². The number of benzene rings is 1. The van der Waals surface area contributed by atoms with Crippen LogP contribution in [0, 0.1) is 13.8 Å². The Morgan fingerprint density at radius 3 is 2.63 bits per heavy atom. The molecule has 3 nitrogen and oxygen atoms in total. The standard InChI is InChI=1S/C14H14ClN3S/c1-9-8-11(15)6-7-12(9)17-14(19)18-13-5-3-4-10(2)16-13/h3-8H,1-2H3,(H2,16,17,18,19). The maximum absolute atomic E-state index is 5.91. The van der Waals surface area contributed by atoms with Gasteiger partial charge in [-0.15, -0.1) is 0 Å². The Morgan fingerprint density at radius 1 is 1.16 bits per heavy atom. The van der Waals surface area contributed by atoms with Gasteiger partial charge in [-0.05, 0) is 62.0 Å². The molecule has 0 aliphatic carbocycles. The number of aryl methyl sites for hydroxylation is 2. The molecule has 5 heteroatoms. The highest BCUT2D eigenvalue weighted by Crippen LogP contribution is 2.19. The topological polar surface area (TPSA) is 37.0 Å². The summed E-state index contributed by atoms with van der Waals surface area (Å²) in [5.41, 5.74) is 2.90. The van der Waals surface area contributed by atoms with E-state index in [9.17, 15) is 0 Å². The summed E-state index contributed by atoms with van der Waals surface area (Å²) in [7, 11) is 0. The number of halogens is 1. The van der Waals surface area contributed by atoms with Crippen LogP contribution in [0.15, 0.2) is 36.4 Å². The quantitative estimate of drug-likeness (QED) is 0.815. The van der Waals surface area contributed by atoms with E-state index in [2.05, 4.69) is 15.6 Å². The highest BCUT2D eigenvalue weighted by molar-refractivity contribution is 7.80. The number of pyridine rings is 1. The first-order valence-corrected chi connectivity index (χ1v) is 6.61. The van der Waals surface area contributed by atoms with Crippen molar-refractivity contribution in [1.29, 1.82) is 0 Å². The van der Waals surface area contributed by atoms with Crippen molar-refractivity contribution in [2.75, 3.05) is 10.6 Å². The second-order valence-electron chi connectivity index (χ2n) is 4.20. The maximum Gasteiger partial charge on any atom is 0.176 e. The van der Waals surface area contributed by atoms with Gasteiger partial charge in [0.15, 0.2) is 5.11 Å². The van der Waals surface area contributed by atoms with Crippen molar-refractivity contribution < 1.29 is 0 Å². The van der Waals surface area contributed by atoms with Gasteiger partial charge in [-0.25, -0.2) is 4.98 Å². The molecule has 0 unspecified atom stereocenters. The van der Waals surface area contributed by atoms with Gasteiger partial charge in [-0.3, -0.25) is 0 Å². The first-order chi connectivity index (χ1) is 9.04. The molecule has 1 aromatic heterocycles. The molecule has 1 aromatic carbocycles. The molecule has 2 rings (SSSR count). The molecule has 19 heavy (non-hydrogen) atoms. The van der Waals surface area contributed by atoms with Crippen molar-refractivity contribution in [2.45, 2.75) is 13.8 Å². The molecule has 0 atom stereocenters. The van der Waals surface area contributed by atoms with Crippen LogP contribution in [0.3, 0.4) is 0 Å². The van der Waals surface area contributed by atoms with Gasteiger partial charge in [0.1, 0.15) is 5.82 Å². The molecule has 2 aromatic rings. The molecule has 0 aliphatic heterocycles. The fourth-order valence-corrected chi connectivity index (χ4v) is 2.09. The third-order valence-electron chi connectivity index (χ3n) is 2.57. The molecule has 0 spiro atoms. The van der Waals surface area contributed by atoms with E-state index < -0.39 is 0 Å². The van der Waals surface area contributed by atoms with Crippen LogP contribution in [0.25, 0.3) is 0 Å². The van der Waals surface area contributed by atoms with Gasteiger partial charge in [-0.1, -0.05) is 17.7 Å². The maximum atomic E-state index is 5.91. The Kier molecular flexibility index (Phi) is 4.35. The third kappa shape index (κ3) is 3.91. The van der Waals surface area contributed by atoms with E-state index in [4.69, 9.17) is 23.8 Å². The van der Waals surface area contributed by atoms with E-state index in [1.54, 1.807) is 0 Å². The van der Waals surface area contributed by atoms with E-state index >= 15 is 0 Å². The minimum atomic E-state index is 0.503. The number of nitrogens with one attached hydrogen (secondary N) is 2. The van der Waals surface area contributed by atoms with E-state index in [0.717, 1.165) is 22.8 Å². The average molecular weight is 292 g/mol. The lowest BCUT2D eigenvalue weighted by atomic mass is 10.2. The molecule has 1 heterocycles. The molecular weight excluding hydrogens is 278 g/mol. The van der Waals surface area contributed by atoms with Crippen molar-refractivity contribution in [3.63, 3.8) is 0 Å². The molecule has 0 aliphatic rings. The Hall–Kier alpha value is -1.65. The minimum Gasteiger partial charge on any atom is -0.332 e. The summed E-state index contributed by atoms with van der Waals surface area (Å²) < 4.78 is 0. The van der Waals surface area contributed by atoms with Gasteiger partial charge >= 0.3 is 0 Å². The lowest BCUT2D eigenvalue weighted by Crippen LogP contribution is -2.20. The predicted molar refractivity (Wildman–Crippen MR) is 85.0 cm³/mol. The molecule has 2 N–H and O–H groups in total. The Bertz CT molecular complexity index is 613. The molecule has 0 radical (unpaired) electrons. The molecule has 0 saturated heterocycles. The molecule has 0 amide bonds. The number of anilines is 2. The molecule has 0 bridgehead atoms. The fourth-order valence-electron chi connectivity index (χ4n) is 1.65. The first-order valence-electron chi connectivity index (χ1n) is 5.82. The number of aromatic nitrogens is 1. The van der Waals surface area contributed by atoms with Crippen molar-refractivity contribution in [1.82, 2.24) is 4.98 Å². The lowest BCUT2D eigenvalue weighted by Gasteiger charge is -2.12. The number of rotatable bonds is 2. The molecular formula is C14H14ClN3S. The summed E-state index contributed by atoms with van der Waals surface area (Å²) in [6, 6.07) is 11.3. The highest BCUT2D eigenvalue weighted by Gasteiger charge is 2.03. The normalized spacial score (nSPS) is 10.1. The van der Waals surface area contributed by atoms with Crippen LogP contribution < -0.4 is 10.6 Å². The van der Waals surface area contributed by atoms with Gasteiger partial charge in [0.25, 0.3) is 0 Å². The minimum absolute atomic E-state index is 0.503. The highest BCUT2D eigenvalue weighted by atomic mass is 35.5. The van der Waals surface area contributed by atoms with Gasteiger partial charge in [0.05, 0.1) is 0 Å². The molecule has 98 valence electrons. The Labute approximate surface area is 123 Å². The largest absolute Gasteiger partial charge is 0.332 e. The zero-order valence-corrected chi connectivity index (χ0v) is 12.3. The summed E-state index contributed by atoms with van der Waals surface area (Å²) in [6.07, 6.45) is 0. The van der Waals surface area contributed by atoms with Crippen LogP contribution >= 0.6 is 23.8 Å². The second kappa shape index (κ2) is 5.99. The van der Waals surface area contributed by atoms with Crippen molar-refractivity contribution in [3.05, 3.63) is 52.7 Å². The monoisotopic (exact) mass is 291 g/mol. The molecule has 0 saturated carbocycles. The van der Waals surface area contributed by atoms with Crippen molar-refractivity contribution in [2.24, 2.45) is 0 Å². The number of hydrogen-bond acceptors (Lipinski definition) is 2. The summed E-state index contributed by atoms with van der Waals surface area (Å²) in [5.74, 6) is 0.726. The van der Waals surface area contributed by atoms with Gasteiger partial charge < -0.3 is 10.6 Å². The third-order valence-corrected chi connectivity index (χ3v) is 3.01. The van der Waals surface area contributed by atoms with Crippen LogP contribution in [0.2, 0.25) is 5.02 Å². The number of thiocarbonyl (C=S) groups is 1. The Morgan fingerprint density at radius 2 is 1.95 bits per heavy atom. The van der Waals surface area contributed by atoms with Gasteiger partial charge in [-0.2, -0.15) is 0 Å². The second-order valence-corrected chi connectivity index (χ2v) is 5.05. The van der Waals surface area contributed by atoms with Crippen molar-refractivity contribution in [3.8, 4) is 0 Å². The number of nitrogens with zero attached hydrogens (tertiary/aromatic N) is 1. The fraction of sp³-hybridized carbons (Fsp3) is 0.143. The molecule has 0 fully saturated rings. The smallest absolute Gasteiger partial charge is 0.176 e. The summed E-state index contributed by atoms with van der Waals surface area (Å²) in [4.78, 5) is 4.33. The van der Waals surface area contributed by atoms with E-state index in [0.29, 0.717) is 10.1 Å². The summed E-state index contributed by atoms with van der Waals surface area (Å²) in [5, 5.41) is 7.39. The van der Waals surface area contributed by atoms with Crippen LogP contribution in [-0.4, -0.2) is 10.1 Å². The average Bonchev–Trinajstić information content (AvgIpc) is 2.33. The van der Waals surface area contributed by atoms with Crippen LogP contribution in [0.5, 0.6) is 0 Å². The van der Waals surface area contributed by atoms with Gasteiger partial charge in [0, 0.05) is 16.4 Å². The zero-order valence-electron chi connectivity index (χ0n) is 10.7. The van der Waals surface area contributed by atoms with E-state index in [-0.39, 0.29) is 0 Å². The predicted octanol–water partition coefficient (Wildman–Crippen LogP) is 4.16. The van der Waals surface area contributed by atoms with E-state index in [1.165, 1.54) is 0 Å². The van der Waals surface area contributed by atoms with Crippen LogP contribution in [-0.2, 0) is 0 Å². The lowest BCUT2D eigenvalue weighted by molar-refractivity contribution is 1.20. The van der Waals surface area contributed by atoms with E-state index in [1.807, 2.05) is 50.2 Å². The number of hydrogen-bond donors (Lipinski definition) is 2. The van der Waals surface area contributed by atoms with Gasteiger partial charge in [0.2, 0.25) is 0 Å². The SMILES string of the molecule is Cc1cccc(NC(=S)Nc2ccc(Cl)cc2C)n1. The summed E-state index contributed by atoms with van der Waals surface area (Å²) in [6.45, 7) is 3.91. The van der Waals surface area contributed by atoms with Crippen molar-refractivity contribution >= 4 is 40.4 Å².